The highest BCUT2D eigenvalue weighted by Gasteiger charge is 2.18. The monoisotopic (exact) mass is 263 g/mol. The summed E-state index contributed by atoms with van der Waals surface area (Å²) in [5, 5.41) is 6.15. The highest BCUT2D eigenvalue weighted by molar-refractivity contribution is 5.81. The van der Waals surface area contributed by atoms with Crippen LogP contribution in [0.4, 0.5) is 0 Å². The highest BCUT2D eigenvalue weighted by atomic mass is 16.2. The summed E-state index contributed by atoms with van der Waals surface area (Å²) in [4.78, 5) is 16.2. The lowest BCUT2D eigenvalue weighted by Crippen LogP contribution is -2.43. The molecule has 1 amide bonds. The first kappa shape index (κ1) is 15.6. The lowest BCUT2D eigenvalue weighted by atomic mass is 10.00. The molecule has 0 aliphatic carbocycles. The van der Waals surface area contributed by atoms with E-state index in [0.29, 0.717) is 6.54 Å². The Hall–Kier alpha value is -1.42. The van der Waals surface area contributed by atoms with Crippen molar-refractivity contribution in [2.24, 2.45) is 0 Å². The molecule has 0 bridgehead atoms. The number of pyridine rings is 1. The van der Waals surface area contributed by atoms with Crippen LogP contribution >= 0.6 is 0 Å². The normalized spacial score (nSPS) is 14.0. The number of rotatable bonds is 5. The maximum absolute atomic E-state index is 11.7. The summed E-state index contributed by atoms with van der Waals surface area (Å²) in [6, 6.07) is 1.97. The van der Waals surface area contributed by atoms with E-state index in [1.165, 1.54) is 11.1 Å². The number of amides is 1. The fourth-order valence-electron chi connectivity index (χ4n) is 2.55. The molecule has 1 aromatic rings. The van der Waals surface area contributed by atoms with Gasteiger partial charge in [0.15, 0.2) is 0 Å². The zero-order chi connectivity index (χ0) is 14.6. The van der Waals surface area contributed by atoms with Crippen molar-refractivity contribution in [2.75, 3.05) is 6.54 Å². The molecule has 1 rings (SSSR count). The Bertz CT molecular complexity index is 434. The molecule has 106 valence electrons. The van der Waals surface area contributed by atoms with Crippen LogP contribution in [0.15, 0.2) is 6.07 Å². The Morgan fingerprint density at radius 3 is 2.47 bits per heavy atom. The molecule has 4 heteroatoms. The number of hydrogen-bond acceptors (Lipinski definition) is 3. The first-order valence-corrected chi connectivity index (χ1v) is 6.85. The summed E-state index contributed by atoms with van der Waals surface area (Å²) >= 11 is 0. The van der Waals surface area contributed by atoms with Gasteiger partial charge < -0.3 is 5.32 Å². The van der Waals surface area contributed by atoms with Crippen LogP contribution in [0.3, 0.4) is 0 Å². The van der Waals surface area contributed by atoms with E-state index in [1.807, 2.05) is 27.7 Å². The molecule has 2 N–H and O–H groups in total. The minimum Gasteiger partial charge on any atom is -0.355 e. The molecule has 1 heterocycles. The van der Waals surface area contributed by atoms with Gasteiger partial charge in [0.25, 0.3) is 0 Å². The fraction of sp³-hybridized carbons (Fsp3) is 0.600. The van der Waals surface area contributed by atoms with Crippen LogP contribution in [0, 0.1) is 20.8 Å². The quantitative estimate of drug-likeness (QED) is 0.856. The maximum atomic E-state index is 11.7. The standard InChI is InChI=1S/C15H25N3O/c1-7-16-15(19)13(6)18-12(5)14-9(2)8-10(3)17-11(14)4/h8,12-13,18H,7H2,1-6H3,(H,16,19). The van der Waals surface area contributed by atoms with Crippen LogP contribution in [0.1, 0.15) is 49.3 Å². The second-order valence-electron chi connectivity index (χ2n) is 5.08. The smallest absolute Gasteiger partial charge is 0.236 e. The van der Waals surface area contributed by atoms with Crippen LogP contribution in [0.5, 0.6) is 0 Å². The van der Waals surface area contributed by atoms with Crippen molar-refractivity contribution in [3.8, 4) is 0 Å². The van der Waals surface area contributed by atoms with Gasteiger partial charge in [-0.25, -0.2) is 0 Å². The summed E-state index contributed by atoms with van der Waals surface area (Å²) in [7, 11) is 0. The average molecular weight is 263 g/mol. The zero-order valence-electron chi connectivity index (χ0n) is 12.8. The van der Waals surface area contributed by atoms with E-state index < -0.39 is 0 Å². The third-order valence-corrected chi connectivity index (χ3v) is 3.26. The number of likely N-dealkylation sites (N-methyl/N-ethyl adjacent to an activating group) is 1. The number of aryl methyl sites for hydroxylation is 3. The zero-order valence-corrected chi connectivity index (χ0v) is 12.8. The molecular weight excluding hydrogens is 238 g/mol. The summed E-state index contributed by atoms with van der Waals surface area (Å²) in [5.41, 5.74) is 4.46. The van der Waals surface area contributed by atoms with E-state index in [-0.39, 0.29) is 18.0 Å². The summed E-state index contributed by atoms with van der Waals surface area (Å²) in [6.45, 7) is 12.6. The second kappa shape index (κ2) is 6.66. The Balaban J connectivity index is 2.84. The minimum atomic E-state index is -0.213. The van der Waals surface area contributed by atoms with Crippen molar-refractivity contribution < 1.29 is 4.79 Å². The molecule has 19 heavy (non-hydrogen) atoms. The van der Waals surface area contributed by atoms with Crippen molar-refractivity contribution in [1.82, 2.24) is 15.6 Å². The molecule has 1 aromatic heterocycles. The van der Waals surface area contributed by atoms with E-state index in [4.69, 9.17) is 0 Å². The molecule has 0 spiro atoms. The molecule has 2 unspecified atom stereocenters. The lowest BCUT2D eigenvalue weighted by molar-refractivity contribution is -0.122. The van der Waals surface area contributed by atoms with Crippen LogP contribution in [-0.4, -0.2) is 23.5 Å². The Kier molecular flexibility index (Phi) is 5.48. The minimum absolute atomic E-state index is 0.0322. The summed E-state index contributed by atoms with van der Waals surface area (Å²) in [5.74, 6) is 0.0322. The number of hydrogen-bond donors (Lipinski definition) is 2. The van der Waals surface area contributed by atoms with Gasteiger partial charge in [-0.2, -0.15) is 0 Å². The molecular formula is C15H25N3O. The van der Waals surface area contributed by atoms with Crippen molar-refractivity contribution >= 4 is 5.91 Å². The Morgan fingerprint density at radius 1 is 1.32 bits per heavy atom. The number of nitrogens with one attached hydrogen (secondary N) is 2. The third kappa shape index (κ3) is 4.03. The topological polar surface area (TPSA) is 54.0 Å². The molecule has 0 aromatic carbocycles. The molecule has 4 nitrogen and oxygen atoms in total. The van der Waals surface area contributed by atoms with Gasteiger partial charge in [-0.05, 0) is 58.7 Å². The SMILES string of the molecule is CCNC(=O)C(C)NC(C)c1c(C)cc(C)nc1C. The van der Waals surface area contributed by atoms with Gasteiger partial charge in [0.1, 0.15) is 0 Å². The van der Waals surface area contributed by atoms with Gasteiger partial charge in [-0.3, -0.25) is 15.1 Å². The van der Waals surface area contributed by atoms with Gasteiger partial charge in [-0.15, -0.1) is 0 Å². The summed E-state index contributed by atoms with van der Waals surface area (Å²) < 4.78 is 0. The first-order valence-electron chi connectivity index (χ1n) is 6.85. The van der Waals surface area contributed by atoms with Gasteiger partial charge >= 0.3 is 0 Å². The van der Waals surface area contributed by atoms with E-state index in [2.05, 4.69) is 35.5 Å². The number of nitrogens with zero attached hydrogens (tertiary/aromatic N) is 1. The van der Waals surface area contributed by atoms with Crippen LogP contribution in [-0.2, 0) is 4.79 Å². The van der Waals surface area contributed by atoms with Crippen LogP contribution in [0.25, 0.3) is 0 Å². The molecule has 0 radical (unpaired) electrons. The van der Waals surface area contributed by atoms with E-state index in [0.717, 1.165) is 11.4 Å². The molecule has 0 saturated carbocycles. The van der Waals surface area contributed by atoms with Crippen molar-refractivity contribution in [3.63, 3.8) is 0 Å². The lowest BCUT2D eigenvalue weighted by Gasteiger charge is -2.22. The van der Waals surface area contributed by atoms with Crippen LogP contribution < -0.4 is 10.6 Å². The van der Waals surface area contributed by atoms with Crippen molar-refractivity contribution in [3.05, 3.63) is 28.6 Å². The van der Waals surface area contributed by atoms with E-state index in [1.54, 1.807) is 0 Å². The van der Waals surface area contributed by atoms with Gasteiger partial charge in [0.2, 0.25) is 5.91 Å². The average Bonchev–Trinajstić information content (AvgIpc) is 2.27. The molecule has 0 aliphatic heterocycles. The van der Waals surface area contributed by atoms with Crippen LogP contribution in [0.2, 0.25) is 0 Å². The largest absolute Gasteiger partial charge is 0.355 e. The van der Waals surface area contributed by atoms with E-state index >= 15 is 0 Å². The number of carbonyl (C=O) groups is 1. The van der Waals surface area contributed by atoms with Gasteiger partial charge in [-0.1, -0.05) is 0 Å². The number of aromatic nitrogens is 1. The number of carbonyl (C=O) groups excluding carboxylic acids is 1. The van der Waals surface area contributed by atoms with Gasteiger partial charge in [0.05, 0.1) is 6.04 Å². The molecule has 0 aliphatic rings. The van der Waals surface area contributed by atoms with Gasteiger partial charge in [0, 0.05) is 24.0 Å². The molecule has 2 atom stereocenters. The molecule has 0 fully saturated rings. The molecule has 0 saturated heterocycles. The predicted octanol–water partition coefficient (Wildman–Crippen LogP) is 2.18. The van der Waals surface area contributed by atoms with Crippen molar-refractivity contribution in [2.45, 2.75) is 53.6 Å². The predicted molar refractivity (Wildman–Crippen MR) is 78.1 cm³/mol. The Labute approximate surface area is 116 Å². The maximum Gasteiger partial charge on any atom is 0.236 e. The first-order chi connectivity index (χ1) is 8.86. The Morgan fingerprint density at radius 2 is 1.95 bits per heavy atom. The fourth-order valence-corrected chi connectivity index (χ4v) is 2.55. The highest BCUT2D eigenvalue weighted by Crippen LogP contribution is 2.21. The van der Waals surface area contributed by atoms with E-state index in [9.17, 15) is 4.79 Å². The van der Waals surface area contributed by atoms with Crippen molar-refractivity contribution in [1.29, 1.82) is 0 Å². The summed E-state index contributed by atoms with van der Waals surface area (Å²) in [6.07, 6.45) is 0. The third-order valence-electron chi connectivity index (χ3n) is 3.26. The second-order valence-corrected chi connectivity index (χ2v) is 5.08.